The number of carbonyl (C=O) groups is 1. The first-order valence-electron chi connectivity index (χ1n) is 6.05. The molecule has 19 heavy (non-hydrogen) atoms. The molecule has 0 spiro atoms. The summed E-state index contributed by atoms with van der Waals surface area (Å²) in [7, 11) is 1.75. The van der Waals surface area contributed by atoms with Crippen LogP contribution in [0.3, 0.4) is 0 Å². The van der Waals surface area contributed by atoms with Crippen LogP contribution in [0.25, 0.3) is 0 Å². The Hall–Kier alpha value is -1.69. The predicted octanol–water partition coefficient (Wildman–Crippen LogP) is 2.73. The summed E-state index contributed by atoms with van der Waals surface area (Å²) in [5.41, 5.74) is 2.32. The Balaban J connectivity index is 2.16. The Labute approximate surface area is 116 Å². The van der Waals surface area contributed by atoms with Crippen LogP contribution in [-0.2, 0) is 12.5 Å². The Kier molecular flexibility index (Phi) is 3.45. The van der Waals surface area contributed by atoms with Gasteiger partial charge in [0.1, 0.15) is 5.69 Å². The van der Waals surface area contributed by atoms with Crippen molar-refractivity contribution in [2.75, 3.05) is 5.32 Å². The SMILES string of the molecule is Cc1cc(C(=O)Nc2nc(C(C)(C)C)cs2)n(C)n1. The van der Waals surface area contributed by atoms with Gasteiger partial charge in [0, 0.05) is 17.8 Å². The maximum atomic E-state index is 12.1. The van der Waals surface area contributed by atoms with E-state index in [1.54, 1.807) is 17.8 Å². The van der Waals surface area contributed by atoms with E-state index in [0.717, 1.165) is 11.4 Å². The van der Waals surface area contributed by atoms with Crippen LogP contribution in [0.15, 0.2) is 11.4 Å². The van der Waals surface area contributed by atoms with Gasteiger partial charge in [-0.2, -0.15) is 5.10 Å². The second-order valence-corrected chi connectivity index (χ2v) is 6.39. The largest absolute Gasteiger partial charge is 0.296 e. The van der Waals surface area contributed by atoms with Crippen molar-refractivity contribution in [2.24, 2.45) is 7.05 Å². The average Bonchev–Trinajstić information content (AvgIpc) is 2.84. The normalized spacial score (nSPS) is 11.6. The minimum absolute atomic E-state index is 0.0113. The molecule has 0 saturated carbocycles. The maximum absolute atomic E-state index is 12.1. The first kappa shape index (κ1) is 13.7. The van der Waals surface area contributed by atoms with E-state index in [1.165, 1.54) is 11.3 Å². The summed E-state index contributed by atoms with van der Waals surface area (Å²) >= 11 is 1.44. The Bertz CT molecular complexity index is 606. The quantitative estimate of drug-likeness (QED) is 0.919. The second-order valence-electron chi connectivity index (χ2n) is 5.54. The lowest BCUT2D eigenvalue weighted by atomic mass is 9.93. The van der Waals surface area contributed by atoms with Gasteiger partial charge in [-0.25, -0.2) is 4.98 Å². The molecule has 1 N–H and O–H groups in total. The third-order valence-electron chi connectivity index (χ3n) is 2.73. The summed E-state index contributed by atoms with van der Waals surface area (Å²) in [6.07, 6.45) is 0. The van der Waals surface area contributed by atoms with E-state index in [-0.39, 0.29) is 11.3 Å². The number of hydrogen-bond donors (Lipinski definition) is 1. The maximum Gasteiger partial charge on any atom is 0.275 e. The van der Waals surface area contributed by atoms with Gasteiger partial charge >= 0.3 is 0 Å². The molecule has 102 valence electrons. The van der Waals surface area contributed by atoms with Gasteiger partial charge in [0.05, 0.1) is 11.4 Å². The van der Waals surface area contributed by atoms with Crippen LogP contribution in [-0.4, -0.2) is 20.7 Å². The predicted molar refractivity (Wildman–Crippen MR) is 76.7 cm³/mol. The van der Waals surface area contributed by atoms with Crippen molar-refractivity contribution in [3.8, 4) is 0 Å². The Morgan fingerprint density at radius 3 is 2.58 bits per heavy atom. The van der Waals surface area contributed by atoms with Crippen LogP contribution in [0.2, 0.25) is 0 Å². The van der Waals surface area contributed by atoms with E-state index >= 15 is 0 Å². The molecule has 0 fully saturated rings. The molecule has 0 aromatic carbocycles. The van der Waals surface area contributed by atoms with Crippen molar-refractivity contribution in [1.82, 2.24) is 14.8 Å². The minimum Gasteiger partial charge on any atom is -0.296 e. The monoisotopic (exact) mass is 278 g/mol. The summed E-state index contributed by atoms with van der Waals surface area (Å²) in [5.74, 6) is -0.182. The minimum atomic E-state index is -0.182. The molecule has 0 aliphatic heterocycles. The number of aryl methyl sites for hydroxylation is 2. The van der Waals surface area contributed by atoms with Crippen molar-refractivity contribution in [2.45, 2.75) is 33.1 Å². The van der Waals surface area contributed by atoms with Crippen LogP contribution in [0.1, 0.15) is 42.6 Å². The fourth-order valence-electron chi connectivity index (χ4n) is 1.66. The highest BCUT2D eigenvalue weighted by Crippen LogP contribution is 2.26. The molecular formula is C13H18N4OS. The van der Waals surface area contributed by atoms with E-state index in [1.807, 2.05) is 12.3 Å². The standard InChI is InChI=1S/C13H18N4OS/c1-8-6-9(17(5)16-8)11(18)15-12-14-10(7-19-12)13(2,3)4/h6-7H,1-5H3,(H,14,15,18). The number of amides is 1. The smallest absolute Gasteiger partial charge is 0.275 e. The molecule has 2 rings (SSSR count). The van der Waals surface area contributed by atoms with Crippen LogP contribution < -0.4 is 5.32 Å². The Morgan fingerprint density at radius 1 is 1.42 bits per heavy atom. The molecule has 0 aliphatic carbocycles. The van der Waals surface area contributed by atoms with Crippen molar-refractivity contribution >= 4 is 22.4 Å². The van der Waals surface area contributed by atoms with Crippen LogP contribution in [0.5, 0.6) is 0 Å². The van der Waals surface area contributed by atoms with Crippen LogP contribution in [0.4, 0.5) is 5.13 Å². The number of carbonyl (C=O) groups excluding carboxylic acids is 1. The molecule has 6 heteroatoms. The fourth-order valence-corrected chi connectivity index (χ4v) is 2.59. The van der Waals surface area contributed by atoms with E-state index in [9.17, 15) is 4.79 Å². The summed E-state index contributed by atoms with van der Waals surface area (Å²) in [4.78, 5) is 16.5. The molecule has 0 aliphatic rings. The lowest BCUT2D eigenvalue weighted by molar-refractivity contribution is 0.101. The molecular weight excluding hydrogens is 260 g/mol. The topological polar surface area (TPSA) is 59.8 Å². The van der Waals surface area contributed by atoms with Crippen LogP contribution in [0, 0.1) is 6.92 Å². The van der Waals surface area contributed by atoms with Crippen LogP contribution >= 0.6 is 11.3 Å². The number of nitrogens with zero attached hydrogens (tertiary/aromatic N) is 3. The molecule has 2 aromatic heterocycles. The fraction of sp³-hybridized carbons (Fsp3) is 0.462. The lowest BCUT2D eigenvalue weighted by Crippen LogP contribution is -2.17. The van der Waals surface area contributed by atoms with Crippen molar-refractivity contribution in [1.29, 1.82) is 0 Å². The molecule has 0 radical (unpaired) electrons. The van der Waals surface area contributed by atoms with Gasteiger partial charge in [-0.05, 0) is 13.0 Å². The van der Waals surface area contributed by atoms with Gasteiger partial charge in [0.25, 0.3) is 5.91 Å². The van der Waals surface area contributed by atoms with E-state index in [2.05, 4.69) is 36.2 Å². The first-order valence-corrected chi connectivity index (χ1v) is 6.93. The molecule has 0 unspecified atom stereocenters. The zero-order valence-electron chi connectivity index (χ0n) is 11.8. The zero-order chi connectivity index (χ0) is 14.2. The van der Waals surface area contributed by atoms with Gasteiger partial charge < -0.3 is 0 Å². The van der Waals surface area contributed by atoms with Gasteiger partial charge in [0.15, 0.2) is 5.13 Å². The summed E-state index contributed by atoms with van der Waals surface area (Å²) < 4.78 is 1.57. The zero-order valence-corrected chi connectivity index (χ0v) is 12.6. The third kappa shape index (κ3) is 3.01. The highest BCUT2D eigenvalue weighted by molar-refractivity contribution is 7.14. The molecule has 2 heterocycles. The lowest BCUT2D eigenvalue weighted by Gasteiger charge is -2.14. The first-order chi connectivity index (χ1) is 8.77. The summed E-state index contributed by atoms with van der Waals surface area (Å²) in [5, 5.41) is 9.57. The summed E-state index contributed by atoms with van der Waals surface area (Å²) in [6.45, 7) is 8.15. The van der Waals surface area contributed by atoms with Gasteiger partial charge in [-0.3, -0.25) is 14.8 Å². The van der Waals surface area contributed by atoms with E-state index in [0.29, 0.717) is 10.8 Å². The number of rotatable bonds is 2. The Morgan fingerprint density at radius 2 is 2.11 bits per heavy atom. The third-order valence-corrected chi connectivity index (χ3v) is 3.49. The van der Waals surface area contributed by atoms with E-state index in [4.69, 9.17) is 0 Å². The molecule has 0 bridgehead atoms. The van der Waals surface area contributed by atoms with Crippen molar-refractivity contribution in [3.05, 3.63) is 28.5 Å². The number of hydrogen-bond acceptors (Lipinski definition) is 4. The molecule has 1 amide bonds. The highest BCUT2D eigenvalue weighted by atomic mass is 32.1. The van der Waals surface area contributed by atoms with Gasteiger partial charge in [-0.15, -0.1) is 11.3 Å². The molecule has 5 nitrogen and oxygen atoms in total. The average molecular weight is 278 g/mol. The number of nitrogens with one attached hydrogen (secondary N) is 1. The summed E-state index contributed by atoms with van der Waals surface area (Å²) in [6, 6.07) is 1.76. The molecule has 2 aromatic rings. The number of anilines is 1. The van der Waals surface area contributed by atoms with E-state index < -0.39 is 0 Å². The van der Waals surface area contributed by atoms with Crippen molar-refractivity contribution < 1.29 is 4.79 Å². The highest BCUT2D eigenvalue weighted by Gasteiger charge is 2.19. The van der Waals surface area contributed by atoms with Gasteiger partial charge in [0.2, 0.25) is 0 Å². The number of thiazole rings is 1. The number of aromatic nitrogens is 3. The molecule has 0 saturated heterocycles. The van der Waals surface area contributed by atoms with Crippen molar-refractivity contribution in [3.63, 3.8) is 0 Å². The second kappa shape index (κ2) is 4.77. The molecule has 0 atom stereocenters. The van der Waals surface area contributed by atoms with Gasteiger partial charge in [-0.1, -0.05) is 20.8 Å².